The smallest absolute Gasteiger partial charge is 0.321 e. The standard InChI is InChI=1S/C9H9Cl2NO3S/c10-5-1-2-6(11)8(3-5)16(15)4-7(12)9(13)14/h1-3,7H,4,12H2,(H,13,14). The summed E-state index contributed by atoms with van der Waals surface area (Å²) < 4.78 is 11.8. The quantitative estimate of drug-likeness (QED) is 0.877. The molecule has 3 N–H and O–H groups in total. The lowest BCUT2D eigenvalue weighted by atomic mass is 10.4. The Bertz CT molecular complexity index is 439. The number of benzene rings is 1. The van der Waals surface area contributed by atoms with Gasteiger partial charge < -0.3 is 10.8 Å². The Morgan fingerprint density at radius 1 is 1.50 bits per heavy atom. The van der Waals surface area contributed by atoms with Crippen LogP contribution in [0.5, 0.6) is 0 Å². The number of aliphatic carboxylic acids is 1. The fourth-order valence-electron chi connectivity index (χ4n) is 0.976. The molecule has 0 saturated carbocycles. The maximum absolute atomic E-state index is 11.8. The van der Waals surface area contributed by atoms with E-state index in [1.807, 2.05) is 0 Å². The maximum atomic E-state index is 11.8. The van der Waals surface area contributed by atoms with E-state index in [4.69, 9.17) is 34.0 Å². The third-order valence-electron chi connectivity index (χ3n) is 1.79. The van der Waals surface area contributed by atoms with Crippen molar-refractivity contribution in [3.63, 3.8) is 0 Å². The molecule has 0 bridgehead atoms. The Morgan fingerprint density at radius 3 is 2.69 bits per heavy atom. The second-order valence-corrected chi connectivity index (χ2v) is 5.34. The molecule has 0 aliphatic heterocycles. The van der Waals surface area contributed by atoms with E-state index in [1.165, 1.54) is 12.1 Å². The van der Waals surface area contributed by atoms with Crippen LogP contribution in [0, 0.1) is 0 Å². The fraction of sp³-hybridized carbons (Fsp3) is 0.222. The summed E-state index contributed by atoms with van der Waals surface area (Å²) in [6.07, 6.45) is 0. The zero-order valence-electron chi connectivity index (χ0n) is 8.02. The minimum atomic E-state index is -1.58. The summed E-state index contributed by atoms with van der Waals surface area (Å²) in [4.78, 5) is 10.8. The van der Waals surface area contributed by atoms with Gasteiger partial charge >= 0.3 is 5.97 Å². The van der Waals surface area contributed by atoms with Crippen LogP contribution >= 0.6 is 23.2 Å². The van der Waals surface area contributed by atoms with Crippen molar-refractivity contribution in [3.8, 4) is 0 Å². The van der Waals surface area contributed by atoms with Gasteiger partial charge in [-0.15, -0.1) is 0 Å². The molecule has 4 nitrogen and oxygen atoms in total. The SMILES string of the molecule is NC(CS(=O)c1cc(Cl)ccc1Cl)C(=O)O. The van der Waals surface area contributed by atoms with Gasteiger partial charge in [-0.1, -0.05) is 23.2 Å². The predicted molar refractivity (Wildman–Crippen MR) is 63.3 cm³/mol. The predicted octanol–water partition coefficient (Wildman–Crippen LogP) is 1.51. The fourth-order valence-corrected chi connectivity index (χ4v) is 2.78. The summed E-state index contributed by atoms with van der Waals surface area (Å²) in [5, 5.41) is 9.25. The van der Waals surface area contributed by atoms with Gasteiger partial charge in [-0.05, 0) is 18.2 Å². The minimum absolute atomic E-state index is 0.199. The molecule has 16 heavy (non-hydrogen) atoms. The first-order valence-electron chi connectivity index (χ1n) is 4.23. The second kappa shape index (κ2) is 5.63. The van der Waals surface area contributed by atoms with Gasteiger partial charge in [0.05, 0.1) is 26.5 Å². The highest BCUT2D eigenvalue weighted by Gasteiger charge is 2.18. The van der Waals surface area contributed by atoms with Crippen LogP contribution in [0.4, 0.5) is 0 Å². The van der Waals surface area contributed by atoms with Gasteiger partial charge in [0.15, 0.2) is 0 Å². The van der Waals surface area contributed by atoms with Gasteiger partial charge in [-0.3, -0.25) is 9.00 Å². The summed E-state index contributed by atoms with van der Waals surface area (Å²) >= 11 is 11.5. The van der Waals surface area contributed by atoms with Crippen molar-refractivity contribution in [1.82, 2.24) is 0 Å². The number of nitrogens with two attached hydrogens (primary N) is 1. The van der Waals surface area contributed by atoms with E-state index in [-0.39, 0.29) is 10.8 Å². The highest BCUT2D eigenvalue weighted by atomic mass is 35.5. The van der Waals surface area contributed by atoms with Crippen molar-refractivity contribution in [2.24, 2.45) is 5.73 Å². The number of hydrogen-bond donors (Lipinski definition) is 2. The Morgan fingerprint density at radius 2 is 2.12 bits per heavy atom. The summed E-state index contributed by atoms with van der Waals surface area (Å²) in [6.45, 7) is 0. The molecule has 1 rings (SSSR count). The van der Waals surface area contributed by atoms with Crippen LogP contribution in [0.25, 0.3) is 0 Å². The van der Waals surface area contributed by atoms with Gasteiger partial charge in [0.25, 0.3) is 0 Å². The van der Waals surface area contributed by atoms with Crippen LogP contribution in [0.2, 0.25) is 10.0 Å². The summed E-state index contributed by atoms with van der Waals surface area (Å²) in [5.74, 6) is -1.40. The Hall–Kier alpha value is -0.620. The number of carbonyl (C=O) groups is 1. The number of halogens is 2. The van der Waals surface area contributed by atoms with Crippen molar-refractivity contribution in [3.05, 3.63) is 28.2 Å². The lowest BCUT2D eigenvalue weighted by Gasteiger charge is -2.08. The highest BCUT2D eigenvalue weighted by molar-refractivity contribution is 7.85. The highest BCUT2D eigenvalue weighted by Crippen LogP contribution is 2.23. The van der Waals surface area contributed by atoms with E-state index in [1.54, 1.807) is 6.07 Å². The lowest BCUT2D eigenvalue weighted by Crippen LogP contribution is -2.35. The number of hydrogen-bond acceptors (Lipinski definition) is 3. The van der Waals surface area contributed by atoms with Crippen molar-refractivity contribution in [2.45, 2.75) is 10.9 Å². The number of rotatable bonds is 4. The lowest BCUT2D eigenvalue weighted by molar-refractivity contribution is -0.137. The molecule has 2 unspecified atom stereocenters. The van der Waals surface area contributed by atoms with Crippen molar-refractivity contribution >= 4 is 40.0 Å². The Balaban J connectivity index is 2.88. The van der Waals surface area contributed by atoms with Crippen LogP contribution in [-0.4, -0.2) is 27.1 Å². The molecule has 1 aromatic carbocycles. The topological polar surface area (TPSA) is 80.4 Å². The van der Waals surface area contributed by atoms with Gasteiger partial charge in [0, 0.05) is 5.02 Å². The second-order valence-electron chi connectivity index (χ2n) is 3.03. The number of carboxylic acid groups (broad SMARTS) is 1. The van der Waals surface area contributed by atoms with Crippen LogP contribution in [-0.2, 0) is 15.6 Å². The zero-order valence-corrected chi connectivity index (χ0v) is 10.4. The first-order valence-corrected chi connectivity index (χ1v) is 6.31. The Kier molecular flexibility index (Phi) is 4.73. The van der Waals surface area contributed by atoms with Crippen LogP contribution < -0.4 is 5.73 Å². The van der Waals surface area contributed by atoms with Crippen molar-refractivity contribution < 1.29 is 14.1 Å². The van der Waals surface area contributed by atoms with Crippen LogP contribution in [0.15, 0.2) is 23.1 Å². The van der Waals surface area contributed by atoms with Gasteiger partial charge in [-0.25, -0.2) is 0 Å². The summed E-state index contributed by atoms with van der Waals surface area (Å²) in [5.41, 5.74) is 5.27. The van der Waals surface area contributed by atoms with E-state index in [2.05, 4.69) is 0 Å². The monoisotopic (exact) mass is 281 g/mol. The number of carboxylic acids is 1. The molecule has 88 valence electrons. The molecule has 0 aliphatic carbocycles. The molecule has 1 aromatic rings. The molecule has 2 atom stereocenters. The summed E-state index contributed by atoms with van der Waals surface area (Å²) in [6, 6.07) is 3.32. The van der Waals surface area contributed by atoms with E-state index in [0.29, 0.717) is 9.92 Å². The molecule has 0 aliphatic rings. The molecule has 0 radical (unpaired) electrons. The molecule has 0 heterocycles. The molecule has 0 aromatic heterocycles. The van der Waals surface area contributed by atoms with Gasteiger partial charge in [0.2, 0.25) is 0 Å². The first-order chi connectivity index (χ1) is 7.41. The molecule has 0 saturated heterocycles. The summed E-state index contributed by atoms with van der Waals surface area (Å²) in [7, 11) is -1.58. The molecule has 0 spiro atoms. The Labute approximate surface area is 105 Å². The third-order valence-corrected chi connectivity index (χ3v) is 3.95. The molecule has 7 heteroatoms. The largest absolute Gasteiger partial charge is 0.480 e. The average Bonchev–Trinajstić information content (AvgIpc) is 2.21. The van der Waals surface area contributed by atoms with E-state index < -0.39 is 22.8 Å². The third kappa shape index (κ3) is 3.45. The molecule has 0 amide bonds. The molecule has 0 fully saturated rings. The minimum Gasteiger partial charge on any atom is -0.480 e. The first kappa shape index (κ1) is 13.4. The molecular weight excluding hydrogens is 273 g/mol. The van der Waals surface area contributed by atoms with Gasteiger partial charge in [0.1, 0.15) is 6.04 Å². The van der Waals surface area contributed by atoms with E-state index in [0.717, 1.165) is 0 Å². The van der Waals surface area contributed by atoms with Crippen molar-refractivity contribution in [1.29, 1.82) is 0 Å². The molecular formula is C9H9Cl2NO3S. The van der Waals surface area contributed by atoms with Crippen molar-refractivity contribution in [2.75, 3.05) is 5.75 Å². The normalized spacial score (nSPS) is 14.4. The van der Waals surface area contributed by atoms with Crippen LogP contribution in [0.3, 0.4) is 0 Å². The maximum Gasteiger partial charge on any atom is 0.321 e. The van der Waals surface area contributed by atoms with E-state index >= 15 is 0 Å². The van der Waals surface area contributed by atoms with E-state index in [9.17, 15) is 9.00 Å². The van der Waals surface area contributed by atoms with Gasteiger partial charge in [-0.2, -0.15) is 0 Å². The average molecular weight is 282 g/mol. The van der Waals surface area contributed by atoms with Crippen LogP contribution in [0.1, 0.15) is 0 Å². The zero-order chi connectivity index (χ0) is 12.3.